The van der Waals surface area contributed by atoms with Crippen LogP contribution in [0.5, 0.6) is 0 Å². The number of nitrogens with zero attached hydrogens (tertiary/aromatic N) is 3. The lowest BCUT2D eigenvalue weighted by molar-refractivity contribution is -0.119. The Balaban J connectivity index is 2.07. The van der Waals surface area contributed by atoms with Crippen LogP contribution in [0, 0.1) is 6.92 Å². The van der Waals surface area contributed by atoms with E-state index in [0.717, 1.165) is 23.4 Å². The Morgan fingerprint density at radius 2 is 2.28 bits per heavy atom. The highest BCUT2D eigenvalue weighted by atomic mass is 16.1. The molecule has 0 aliphatic rings. The van der Waals surface area contributed by atoms with E-state index < -0.39 is 0 Å². The van der Waals surface area contributed by atoms with Crippen molar-refractivity contribution in [1.29, 1.82) is 0 Å². The van der Waals surface area contributed by atoms with E-state index in [1.54, 1.807) is 4.52 Å². The molecule has 0 aliphatic carbocycles. The molecule has 0 bridgehead atoms. The quantitative estimate of drug-likeness (QED) is 0.826. The van der Waals surface area contributed by atoms with Crippen LogP contribution in [-0.4, -0.2) is 33.6 Å². The van der Waals surface area contributed by atoms with Gasteiger partial charge in [0.2, 0.25) is 5.91 Å². The van der Waals surface area contributed by atoms with Crippen molar-refractivity contribution in [2.24, 2.45) is 0 Å². The van der Waals surface area contributed by atoms with Crippen LogP contribution in [0.25, 0.3) is 5.65 Å². The van der Waals surface area contributed by atoms with Gasteiger partial charge in [0.1, 0.15) is 12.1 Å². The third kappa shape index (κ3) is 2.77. The van der Waals surface area contributed by atoms with E-state index in [1.807, 2.05) is 26.0 Å². The zero-order valence-corrected chi connectivity index (χ0v) is 10.6. The highest BCUT2D eigenvalue weighted by molar-refractivity contribution is 5.80. The molecular formula is C12H17N5O. The number of hydrogen-bond acceptors (Lipinski definition) is 4. The van der Waals surface area contributed by atoms with Crippen LogP contribution in [0.2, 0.25) is 0 Å². The fourth-order valence-corrected chi connectivity index (χ4v) is 1.68. The maximum Gasteiger partial charge on any atom is 0.239 e. The maximum atomic E-state index is 11.5. The number of hydrogen-bond donors (Lipinski definition) is 2. The SMILES string of the molecule is CCCNC(=O)CNc1cc(C)cc2ncnn12. The molecule has 0 saturated heterocycles. The number of aryl methyl sites for hydroxylation is 1. The average molecular weight is 247 g/mol. The molecule has 0 spiro atoms. The van der Waals surface area contributed by atoms with E-state index in [-0.39, 0.29) is 12.5 Å². The van der Waals surface area contributed by atoms with Crippen LogP contribution in [0.4, 0.5) is 5.82 Å². The molecule has 0 aliphatic heterocycles. The second-order valence-corrected chi connectivity index (χ2v) is 4.15. The fourth-order valence-electron chi connectivity index (χ4n) is 1.68. The summed E-state index contributed by atoms with van der Waals surface area (Å²) in [4.78, 5) is 15.6. The van der Waals surface area contributed by atoms with Gasteiger partial charge in [0.05, 0.1) is 6.54 Å². The Morgan fingerprint density at radius 3 is 3.06 bits per heavy atom. The summed E-state index contributed by atoms with van der Waals surface area (Å²) >= 11 is 0. The predicted molar refractivity (Wildman–Crippen MR) is 69.5 cm³/mol. The summed E-state index contributed by atoms with van der Waals surface area (Å²) in [7, 11) is 0. The Bertz CT molecular complexity index is 548. The lowest BCUT2D eigenvalue weighted by Crippen LogP contribution is -2.30. The van der Waals surface area contributed by atoms with Crippen molar-refractivity contribution < 1.29 is 4.79 Å². The van der Waals surface area contributed by atoms with Gasteiger partial charge in [-0.15, -0.1) is 0 Å². The van der Waals surface area contributed by atoms with Gasteiger partial charge in [-0.2, -0.15) is 9.61 Å². The first kappa shape index (κ1) is 12.3. The first-order valence-electron chi connectivity index (χ1n) is 6.01. The van der Waals surface area contributed by atoms with Crippen molar-refractivity contribution in [1.82, 2.24) is 19.9 Å². The van der Waals surface area contributed by atoms with Crippen molar-refractivity contribution >= 4 is 17.4 Å². The van der Waals surface area contributed by atoms with Gasteiger partial charge >= 0.3 is 0 Å². The molecule has 2 heterocycles. The number of fused-ring (bicyclic) bond motifs is 1. The Kier molecular flexibility index (Phi) is 3.76. The second-order valence-electron chi connectivity index (χ2n) is 4.15. The molecule has 0 atom stereocenters. The van der Waals surface area contributed by atoms with Gasteiger partial charge in [-0.3, -0.25) is 4.79 Å². The van der Waals surface area contributed by atoms with Gasteiger partial charge in [0.15, 0.2) is 5.65 Å². The summed E-state index contributed by atoms with van der Waals surface area (Å²) in [5, 5.41) is 10.00. The minimum absolute atomic E-state index is 0.0216. The minimum atomic E-state index is -0.0216. The summed E-state index contributed by atoms with van der Waals surface area (Å²) in [6.45, 7) is 4.94. The molecule has 18 heavy (non-hydrogen) atoms. The first-order chi connectivity index (χ1) is 8.70. The number of anilines is 1. The van der Waals surface area contributed by atoms with Crippen LogP contribution in [-0.2, 0) is 4.79 Å². The number of aromatic nitrogens is 3. The fraction of sp³-hybridized carbons (Fsp3) is 0.417. The Labute approximate surface area is 105 Å². The summed E-state index contributed by atoms with van der Waals surface area (Å²) < 4.78 is 1.68. The number of amides is 1. The lowest BCUT2D eigenvalue weighted by atomic mass is 10.3. The van der Waals surface area contributed by atoms with Crippen LogP contribution >= 0.6 is 0 Å². The van der Waals surface area contributed by atoms with Crippen LogP contribution in [0.1, 0.15) is 18.9 Å². The van der Waals surface area contributed by atoms with Crippen LogP contribution in [0.3, 0.4) is 0 Å². The van der Waals surface area contributed by atoms with E-state index in [0.29, 0.717) is 6.54 Å². The van der Waals surface area contributed by atoms with E-state index in [4.69, 9.17) is 0 Å². The van der Waals surface area contributed by atoms with Crippen LogP contribution < -0.4 is 10.6 Å². The molecule has 6 heteroatoms. The highest BCUT2D eigenvalue weighted by Gasteiger charge is 2.05. The molecule has 2 aromatic heterocycles. The number of pyridine rings is 1. The molecule has 2 aromatic rings. The van der Waals surface area contributed by atoms with Crippen molar-refractivity contribution in [2.45, 2.75) is 20.3 Å². The monoisotopic (exact) mass is 247 g/mol. The van der Waals surface area contributed by atoms with Crippen molar-refractivity contribution in [3.05, 3.63) is 24.0 Å². The van der Waals surface area contributed by atoms with Crippen molar-refractivity contribution in [3.63, 3.8) is 0 Å². The molecular weight excluding hydrogens is 230 g/mol. The average Bonchev–Trinajstić information content (AvgIpc) is 2.81. The summed E-state index contributed by atoms with van der Waals surface area (Å²) in [6.07, 6.45) is 2.43. The number of nitrogens with one attached hydrogen (secondary N) is 2. The van der Waals surface area contributed by atoms with Gasteiger partial charge in [0.25, 0.3) is 0 Å². The molecule has 0 saturated carbocycles. The van der Waals surface area contributed by atoms with Gasteiger partial charge < -0.3 is 10.6 Å². The summed E-state index contributed by atoms with van der Waals surface area (Å²) in [5.74, 6) is 0.751. The van der Waals surface area contributed by atoms with E-state index in [2.05, 4.69) is 20.7 Å². The Morgan fingerprint density at radius 1 is 1.44 bits per heavy atom. The second kappa shape index (κ2) is 5.48. The number of carbonyl (C=O) groups excluding carboxylic acids is 1. The smallest absolute Gasteiger partial charge is 0.239 e. The van der Waals surface area contributed by atoms with E-state index in [1.165, 1.54) is 6.33 Å². The molecule has 0 radical (unpaired) electrons. The van der Waals surface area contributed by atoms with Gasteiger partial charge in [0, 0.05) is 6.54 Å². The lowest BCUT2D eigenvalue weighted by Gasteiger charge is -2.09. The summed E-state index contributed by atoms with van der Waals surface area (Å²) in [5.41, 5.74) is 1.85. The molecule has 0 unspecified atom stereocenters. The third-order valence-corrected chi connectivity index (χ3v) is 2.53. The molecule has 2 rings (SSSR count). The first-order valence-corrected chi connectivity index (χ1v) is 6.01. The Hall–Kier alpha value is -2.11. The normalized spacial score (nSPS) is 10.6. The molecule has 0 fully saturated rings. The van der Waals surface area contributed by atoms with Gasteiger partial charge in [-0.05, 0) is 31.0 Å². The molecule has 96 valence electrons. The van der Waals surface area contributed by atoms with Crippen molar-refractivity contribution in [3.8, 4) is 0 Å². The molecule has 1 amide bonds. The van der Waals surface area contributed by atoms with Gasteiger partial charge in [-0.1, -0.05) is 6.92 Å². The standard InChI is InChI=1S/C12H17N5O/c1-3-4-13-12(18)7-14-10-5-9(2)6-11-15-8-16-17(10)11/h5-6,8,14H,3-4,7H2,1-2H3,(H,13,18). The largest absolute Gasteiger partial charge is 0.361 e. The van der Waals surface area contributed by atoms with Crippen LogP contribution in [0.15, 0.2) is 18.5 Å². The van der Waals surface area contributed by atoms with Gasteiger partial charge in [-0.25, -0.2) is 4.98 Å². The predicted octanol–water partition coefficient (Wildman–Crippen LogP) is 0.976. The summed E-state index contributed by atoms with van der Waals surface area (Å²) in [6, 6.07) is 3.88. The van der Waals surface area contributed by atoms with Crippen molar-refractivity contribution in [2.75, 3.05) is 18.4 Å². The molecule has 2 N–H and O–H groups in total. The highest BCUT2D eigenvalue weighted by Crippen LogP contribution is 2.12. The third-order valence-electron chi connectivity index (χ3n) is 2.53. The zero-order chi connectivity index (χ0) is 13.0. The number of rotatable bonds is 5. The number of carbonyl (C=O) groups is 1. The van der Waals surface area contributed by atoms with E-state index >= 15 is 0 Å². The van der Waals surface area contributed by atoms with E-state index in [9.17, 15) is 4.79 Å². The maximum absolute atomic E-state index is 11.5. The molecule has 0 aromatic carbocycles. The zero-order valence-electron chi connectivity index (χ0n) is 10.6. The molecule has 6 nitrogen and oxygen atoms in total. The topological polar surface area (TPSA) is 71.3 Å². The minimum Gasteiger partial charge on any atom is -0.361 e.